The summed E-state index contributed by atoms with van der Waals surface area (Å²) in [6.07, 6.45) is 1.00. The molecule has 0 aromatic carbocycles. The van der Waals surface area contributed by atoms with Crippen molar-refractivity contribution >= 4 is 24.0 Å². The van der Waals surface area contributed by atoms with Gasteiger partial charge in [0.1, 0.15) is 0 Å². The molecule has 0 saturated heterocycles. The molecule has 1 unspecified atom stereocenters. The van der Waals surface area contributed by atoms with Crippen LogP contribution in [0.3, 0.4) is 0 Å². The number of hydrogen-bond acceptors (Lipinski definition) is 3. The van der Waals surface area contributed by atoms with Gasteiger partial charge in [-0.2, -0.15) is 12.6 Å². The molecular formula is C8H13NS2. The molecule has 1 nitrogen and oxygen atoms in total. The molecule has 1 atom stereocenters. The Morgan fingerprint density at radius 1 is 1.73 bits per heavy atom. The lowest BCUT2D eigenvalue weighted by Gasteiger charge is -2.05. The van der Waals surface area contributed by atoms with Crippen LogP contribution in [0.5, 0.6) is 0 Å². The largest absolute Gasteiger partial charge is 0.329 e. The van der Waals surface area contributed by atoms with Crippen LogP contribution >= 0.6 is 24.0 Å². The number of thiol groups is 1. The third-order valence-electron chi connectivity index (χ3n) is 1.66. The van der Waals surface area contributed by atoms with Crippen LogP contribution < -0.4 is 5.73 Å². The van der Waals surface area contributed by atoms with Crippen LogP contribution in [0.4, 0.5) is 0 Å². The quantitative estimate of drug-likeness (QED) is 0.694. The van der Waals surface area contributed by atoms with Gasteiger partial charge in [-0.25, -0.2) is 0 Å². The van der Waals surface area contributed by atoms with Crippen LogP contribution in [0, 0.1) is 6.92 Å². The molecule has 3 heteroatoms. The van der Waals surface area contributed by atoms with Crippen molar-refractivity contribution in [3.8, 4) is 0 Å². The summed E-state index contributed by atoms with van der Waals surface area (Å²) >= 11 is 6.13. The van der Waals surface area contributed by atoms with E-state index >= 15 is 0 Å². The maximum Gasteiger partial charge on any atom is 0.0188 e. The van der Waals surface area contributed by atoms with Crippen molar-refractivity contribution in [1.82, 2.24) is 0 Å². The first-order chi connectivity index (χ1) is 5.24. The predicted octanol–water partition coefficient (Wildman–Crippen LogP) is 1.86. The van der Waals surface area contributed by atoms with Crippen LogP contribution in [0.15, 0.2) is 11.4 Å². The van der Waals surface area contributed by atoms with Crippen LogP contribution in [-0.4, -0.2) is 11.8 Å². The minimum atomic E-state index is 0.312. The Balaban J connectivity index is 2.56. The number of nitrogens with two attached hydrogens (primary N) is 1. The molecular weight excluding hydrogens is 174 g/mol. The lowest BCUT2D eigenvalue weighted by atomic mass is 10.2. The van der Waals surface area contributed by atoms with Crippen molar-refractivity contribution in [2.24, 2.45) is 5.73 Å². The number of aryl methyl sites for hydroxylation is 1. The fourth-order valence-electron chi connectivity index (χ4n) is 0.911. The second kappa shape index (κ2) is 4.14. The molecule has 1 aromatic heterocycles. The summed E-state index contributed by atoms with van der Waals surface area (Å²) in [5.74, 6) is 0. The van der Waals surface area contributed by atoms with Crippen LogP contribution in [0.25, 0.3) is 0 Å². The lowest BCUT2D eigenvalue weighted by Crippen LogP contribution is -2.16. The van der Waals surface area contributed by atoms with Crippen LogP contribution in [0.2, 0.25) is 0 Å². The molecule has 0 aliphatic carbocycles. The van der Waals surface area contributed by atoms with Crippen molar-refractivity contribution in [1.29, 1.82) is 0 Å². The van der Waals surface area contributed by atoms with Gasteiger partial charge in [0.15, 0.2) is 0 Å². The Labute approximate surface area is 77.0 Å². The first-order valence-corrected chi connectivity index (χ1v) is 5.04. The molecule has 0 aliphatic rings. The summed E-state index contributed by atoms with van der Waals surface area (Å²) in [4.78, 5) is 1.41. The second-order valence-electron chi connectivity index (χ2n) is 2.62. The first-order valence-electron chi connectivity index (χ1n) is 3.65. The monoisotopic (exact) mass is 187 g/mol. The standard InChI is InChI=1S/C8H13NS2/c1-6-2-3-11-8(6)4-7(10)5-9/h2-3,7,10H,4-5,9H2,1H3. The van der Waals surface area contributed by atoms with E-state index in [0.29, 0.717) is 11.8 Å². The number of hydrogen-bond donors (Lipinski definition) is 2. The third-order valence-corrected chi connectivity index (χ3v) is 3.10. The van der Waals surface area contributed by atoms with Gasteiger partial charge in [0.25, 0.3) is 0 Å². The highest BCUT2D eigenvalue weighted by Gasteiger charge is 2.05. The lowest BCUT2D eigenvalue weighted by molar-refractivity contribution is 0.866. The van der Waals surface area contributed by atoms with E-state index in [4.69, 9.17) is 5.73 Å². The highest BCUT2D eigenvalue weighted by molar-refractivity contribution is 7.81. The van der Waals surface area contributed by atoms with E-state index in [0.717, 1.165) is 6.42 Å². The number of rotatable bonds is 3. The Morgan fingerprint density at radius 2 is 2.45 bits per heavy atom. The fourth-order valence-corrected chi connectivity index (χ4v) is 2.20. The number of thiophene rings is 1. The maximum atomic E-state index is 5.47. The van der Waals surface area contributed by atoms with Gasteiger partial charge < -0.3 is 5.73 Å². The molecule has 0 amide bonds. The third kappa shape index (κ3) is 2.51. The first kappa shape index (κ1) is 9.10. The molecule has 1 heterocycles. The van der Waals surface area contributed by atoms with Crippen molar-refractivity contribution in [2.45, 2.75) is 18.6 Å². The van der Waals surface area contributed by atoms with Crippen LogP contribution in [0.1, 0.15) is 10.4 Å². The minimum absolute atomic E-state index is 0.312. The summed E-state index contributed by atoms with van der Waals surface area (Å²) in [6.45, 7) is 2.78. The molecule has 62 valence electrons. The topological polar surface area (TPSA) is 26.0 Å². The summed E-state index contributed by atoms with van der Waals surface area (Å²) in [5, 5.41) is 2.43. The highest BCUT2D eigenvalue weighted by atomic mass is 32.1. The highest BCUT2D eigenvalue weighted by Crippen LogP contribution is 2.18. The van der Waals surface area contributed by atoms with E-state index in [1.807, 2.05) is 0 Å². The van der Waals surface area contributed by atoms with Gasteiger partial charge in [0.2, 0.25) is 0 Å². The van der Waals surface area contributed by atoms with Gasteiger partial charge in [0, 0.05) is 16.7 Å². The molecule has 1 rings (SSSR count). The Bertz CT molecular complexity index is 220. The average molecular weight is 187 g/mol. The molecule has 0 saturated carbocycles. The van der Waals surface area contributed by atoms with Gasteiger partial charge >= 0.3 is 0 Å². The van der Waals surface area contributed by atoms with E-state index in [1.54, 1.807) is 11.3 Å². The smallest absolute Gasteiger partial charge is 0.0188 e. The minimum Gasteiger partial charge on any atom is -0.329 e. The van der Waals surface area contributed by atoms with Gasteiger partial charge in [-0.1, -0.05) is 0 Å². The second-order valence-corrected chi connectivity index (χ2v) is 4.35. The molecule has 0 spiro atoms. The summed E-state index contributed by atoms with van der Waals surface area (Å²) in [6, 6.07) is 2.14. The maximum absolute atomic E-state index is 5.47. The molecule has 2 N–H and O–H groups in total. The Morgan fingerprint density at radius 3 is 2.91 bits per heavy atom. The van der Waals surface area contributed by atoms with Crippen molar-refractivity contribution in [2.75, 3.05) is 6.54 Å². The molecule has 1 aromatic rings. The summed E-state index contributed by atoms with van der Waals surface area (Å²) in [5.41, 5.74) is 6.83. The van der Waals surface area contributed by atoms with Gasteiger partial charge in [0.05, 0.1) is 0 Å². The van der Waals surface area contributed by atoms with Crippen molar-refractivity contribution < 1.29 is 0 Å². The van der Waals surface area contributed by atoms with E-state index < -0.39 is 0 Å². The Hall–Kier alpha value is 0.01000. The molecule has 11 heavy (non-hydrogen) atoms. The predicted molar refractivity (Wildman–Crippen MR) is 54.6 cm³/mol. The van der Waals surface area contributed by atoms with Gasteiger partial charge in [-0.15, -0.1) is 11.3 Å². The van der Waals surface area contributed by atoms with E-state index in [9.17, 15) is 0 Å². The van der Waals surface area contributed by atoms with E-state index in [2.05, 4.69) is 31.0 Å². The fraction of sp³-hybridized carbons (Fsp3) is 0.500. The van der Waals surface area contributed by atoms with Crippen LogP contribution in [-0.2, 0) is 6.42 Å². The van der Waals surface area contributed by atoms with Crippen molar-refractivity contribution in [3.05, 3.63) is 21.9 Å². The zero-order valence-corrected chi connectivity index (χ0v) is 8.29. The van der Waals surface area contributed by atoms with Gasteiger partial charge in [-0.05, 0) is 30.4 Å². The normalized spacial score (nSPS) is 13.4. The average Bonchev–Trinajstić information content (AvgIpc) is 2.37. The van der Waals surface area contributed by atoms with Crippen molar-refractivity contribution in [3.63, 3.8) is 0 Å². The SMILES string of the molecule is Cc1ccsc1CC(S)CN. The van der Waals surface area contributed by atoms with E-state index in [-0.39, 0.29) is 0 Å². The summed E-state index contributed by atoms with van der Waals surface area (Å²) < 4.78 is 0. The van der Waals surface area contributed by atoms with E-state index in [1.165, 1.54) is 10.4 Å². The molecule has 0 fully saturated rings. The molecule has 0 aliphatic heterocycles. The zero-order valence-electron chi connectivity index (χ0n) is 6.58. The summed E-state index contributed by atoms with van der Waals surface area (Å²) in [7, 11) is 0. The van der Waals surface area contributed by atoms with Gasteiger partial charge in [-0.3, -0.25) is 0 Å². The zero-order chi connectivity index (χ0) is 8.27. The Kier molecular flexibility index (Phi) is 3.43. The molecule has 0 radical (unpaired) electrons. The molecule has 0 bridgehead atoms.